The number of hydrogen-bond donors (Lipinski definition) is 0. The van der Waals surface area contributed by atoms with Gasteiger partial charge in [0.15, 0.2) is 0 Å². The van der Waals surface area contributed by atoms with Crippen LogP contribution in [0.2, 0.25) is 0 Å². The fourth-order valence-electron chi connectivity index (χ4n) is 2.41. The summed E-state index contributed by atoms with van der Waals surface area (Å²) in [7, 11) is 1.69. The van der Waals surface area contributed by atoms with Gasteiger partial charge in [0.1, 0.15) is 5.75 Å². The Morgan fingerprint density at radius 1 is 0.739 bits per heavy atom. The average Bonchev–Trinajstić information content (AvgIpc) is 2.62. The molecule has 0 aliphatic heterocycles. The van der Waals surface area contributed by atoms with E-state index in [1.54, 1.807) is 7.11 Å². The summed E-state index contributed by atoms with van der Waals surface area (Å²) < 4.78 is 5.54. The lowest BCUT2D eigenvalue weighted by Gasteiger charge is -2.09. The van der Waals surface area contributed by atoms with Crippen molar-refractivity contribution in [3.63, 3.8) is 0 Å². The Labute approximate surface area is 137 Å². The Morgan fingerprint density at radius 3 is 2.09 bits per heavy atom. The van der Waals surface area contributed by atoms with Gasteiger partial charge in [0, 0.05) is 16.7 Å². The average molecular weight is 298 g/mol. The summed E-state index contributed by atoms with van der Waals surface area (Å²) in [6.07, 6.45) is 0. The van der Waals surface area contributed by atoms with Crippen LogP contribution in [-0.4, -0.2) is 7.11 Å². The van der Waals surface area contributed by atoms with Crippen LogP contribution in [0.4, 0.5) is 0 Å². The molecule has 0 heterocycles. The molecule has 0 radical (unpaired) electrons. The Hall–Kier alpha value is -2.98. The first-order valence-corrected chi connectivity index (χ1v) is 7.58. The maximum atomic E-state index is 5.54. The molecule has 0 spiro atoms. The fourth-order valence-corrected chi connectivity index (χ4v) is 2.41. The summed E-state index contributed by atoms with van der Waals surface area (Å²) in [5.41, 5.74) is 5.42. The Kier molecular flexibility index (Phi) is 4.45. The van der Waals surface area contributed by atoms with Crippen LogP contribution in [0.25, 0.3) is 11.1 Å². The van der Waals surface area contributed by atoms with E-state index in [9.17, 15) is 0 Å². The molecule has 3 aromatic carbocycles. The predicted molar refractivity (Wildman–Crippen MR) is 95.6 cm³/mol. The minimum absolute atomic E-state index is 0.840. The highest BCUT2D eigenvalue weighted by Crippen LogP contribution is 2.30. The molecule has 0 amide bonds. The number of methoxy groups -OCH3 is 1. The van der Waals surface area contributed by atoms with Crippen molar-refractivity contribution in [1.29, 1.82) is 0 Å². The molecule has 0 aromatic heterocycles. The van der Waals surface area contributed by atoms with Crippen molar-refractivity contribution in [2.24, 2.45) is 0 Å². The maximum Gasteiger partial charge on any atom is 0.127 e. The van der Waals surface area contributed by atoms with Crippen LogP contribution < -0.4 is 4.74 Å². The second kappa shape index (κ2) is 6.85. The first-order chi connectivity index (χ1) is 11.3. The summed E-state index contributed by atoms with van der Waals surface area (Å²) in [5.74, 6) is 7.24. The summed E-state index contributed by atoms with van der Waals surface area (Å²) in [6.45, 7) is 2.07. The van der Waals surface area contributed by atoms with Crippen molar-refractivity contribution in [1.82, 2.24) is 0 Å². The normalized spacial score (nSPS) is 9.83. The molecule has 0 aliphatic rings. The number of hydrogen-bond acceptors (Lipinski definition) is 1. The van der Waals surface area contributed by atoms with Gasteiger partial charge in [-0.2, -0.15) is 0 Å². The van der Waals surface area contributed by atoms with Crippen molar-refractivity contribution in [3.8, 4) is 28.7 Å². The first-order valence-electron chi connectivity index (χ1n) is 7.58. The van der Waals surface area contributed by atoms with Gasteiger partial charge in [-0.3, -0.25) is 0 Å². The SMILES string of the molecule is COc1cc(C#Cc2ccc(C)cc2)ccc1-c1ccccc1. The lowest BCUT2D eigenvalue weighted by Crippen LogP contribution is -1.89. The second-order valence-corrected chi connectivity index (χ2v) is 5.40. The van der Waals surface area contributed by atoms with Gasteiger partial charge < -0.3 is 4.74 Å². The number of aryl methyl sites for hydroxylation is 1. The molecular weight excluding hydrogens is 280 g/mol. The van der Waals surface area contributed by atoms with Gasteiger partial charge in [-0.15, -0.1) is 0 Å². The van der Waals surface area contributed by atoms with E-state index in [-0.39, 0.29) is 0 Å². The molecular formula is C22H18O. The molecule has 0 N–H and O–H groups in total. The van der Waals surface area contributed by atoms with E-state index in [1.807, 2.05) is 42.5 Å². The van der Waals surface area contributed by atoms with Gasteiger partial charge in [0.25, 0.3) is 0 Å². The molecule has 112 valence electrons. The van der Waals surface area contributed by atoms with E-state index in [0.717, 1.165) is 28.0 Å². The standard InChI is InChI=1S/C22H18O/c1-17-8-10-18(11-9-17)12-13-19-14-15-21(22(16-19)23-2)20-6-4-3-5-7-20/h3-11,14-16H,1-2H3. The Balaban J connectivity index is 1.92. The molecule has 0 fully saturated rings. The second-order valence-electron chi connectivity index (χ2n) is 5.40. The highest BCUT2D eigenvalue weighted by atomic mass is 16.5. The third-order valence-corrected chi connectivity index (χ3v) is 3.69. The highest BCUT2D eigenvalue weighted by Gasteiger charge is 2.05. The smallest absolute Gasteiger partial charge is 0.127 e. The monoisotopic (exact) mass is 298 g/mol. The van der Waals surface area contributed by atoms with Crippen LogP contribution in [0, 0.1) is 18.8 Å². The lowest BCUT2D eigenvalue weighted by atomic mass is 10.0. The zero-order valence-corrected chi connectivity index (χ0v) is 13.3. The van der Waals surface area contributed by atoms with Crippen molar-refractivity contribution in [2.45, 2.75) is 6.92 Å². The van der Waals surface area contributed by atoms with Crippen LogP contribution in [0.15, 0.2) is 72.8 Å². The fraction of sp³-hybridized carbons (Fsp3) is 0.0909. The van der Waals surface area contributed by atoms with E-state index in [2.05, 4.69) is 49.1 Å². The summed E-state index contributed by atoms with van der Waals surface area (Å²) >= 11 is 0. The third kappa shape index (κ3) is 3.62. The van der Waals surface area contributed by atoms with Crippen LogP contribution in [-0.2, 0) is 0 Å². The van der Waals surface area contributed by atoms with Gasteiger partial charge in [-0.25, -0.2) is 0 Å². The molecule has 0 saturated carbocycles. The molecule has 3 aromatic rings. The number of ether oxygens (including phenoxy) is 1. The van der Waals surface area contributed by atoms with Gasteiger partial charge in [0.05, 0.1) is 7.11 Å². The van der Waals surface area contributed by atoms with E-state index < -0.39 is 0 Å². The first kappa shape index (κ1) is 14.9. The van der Waals surface area contributed by atoms with Crippen LogP contribution in [0.5, 0.6) is 5.75 Å². The highest BCUT2D eigenvalue weighted by molar-refractivity contribution is 5.71. The van der Waals surface area contributed by atoms with E-state index >= 15 is 0 Å². The minimum Gasteiger partial charge on any atom is -0.496 e. The lowest BCUT2D eigenvalue weighted by molar-refractivity contribution is 0.416. The molecule has 0 bridgehead atoms. The van der Waals surface area contributed by atoms with Crippen LogP contribution >= 0.6 is 0 Å². The Bertz CT molecular complexity index is 850. The topological polar surface area (TPSA) is 9.23 Å². The van der Waals surface area contributed by atoms with Gasteiger partial charge in [-0.1, -0.05) is 59.9 Å². The minimum atomic E-state index is 0.840. The zero-order chi connectivity index (χ0) is 16.1. The maximum absolute atomic E-state index is 5.54. The van der Waals surface area contributed by atoms with Gasteiger partial charge in [0.2, 0.25) is 0 Å². The quantitative estimate of drug-likeness (QED) is 0.600. The number of rotatable bonds is 2. The largest absolute Gasteiger partial charge is 0.496 e. The van der Waals surface area contributed by atoms with Crippen molar-refractivity contribution >= 4 is 0 Å². The molecule has 0 aliphatic carbocycles. The van der Waals surface area contributed by atoms with Gasteiger partial charge >= 0.3 is 0 Å². The molecule has 23 heavy (non-hydrogen) atoms. The third-order valence-electron chi connectivity index (χ3n) is 3.69. The number of benzene rings is 3. The van der Waals surface area contributed by atoms with E-state index in [1.165, 1.54) is 5.56 Å². The Morgan fingerprint density at radius 2 is 1.39 bits per heavy atom. The molecule has 1 heteroatoms. The summed E-state index contributed by atoms with van der Waals surface area (Å²) in [6, 6.07) is 24.5. The molecule has 0 unspecified atom stereocenters. The van der Waals surface area contributed by atoms with Crippen molar-refractivity contribution in [2.75, 3.05) is 7.11 Å². The molecule has 3 rings (SSSR count). The van der Waals surface area contributed by atoms with E-state index in [4.69, 9.17) is 4.74 Å². The molecule has 1 nitrogen and oxygen atoms in total. The van der Waals surface area contributed by atoms with Crippen LogP contribution in [0.1, 0.15) is 16.7 Å². The predicted octanol–water partition coefficient (Wildman–Crippen LogP) is 5.07. The van der Waals surface area contributed by atoms with Crippen molar-refractivity contribution in [3.05, 3.63) is 89.5 Å². The van der Waals surface area contributed by atoms with Crippen molar-refractivity contribution < 1.29 is 4.74 Å². The van der Waals surface area contributed by atoms with Crippen LogP contribution in [0.3, 0.4) is 0 Å². The van der Waals surface area contributed by atoms with E-state index in [0.29, 0.717) is 0 Å². The molecule has 0 atom stereocenters. The summed E-state index contributed by atoms with van der Waals surface area (Å²) in [4.78, 5) is 0. The molecule has 0 saturated heterocycles. The summed E-state index contributed by atoms with van der Waals surface area (Å²) in [5, 5.41) is 0. The van der Waals surface area contributed by atoms with Gasteiger partial charge in [-0.05, 0) is 42.8 Å². The zero-order valence-electron chi connectivity index (χ0n) is 13.3.